The number of carbonyl (C=O) groups excluding carboxylic acids is 2. The lowest BCUT2D eigenvalue weighted by Crippen LogP contribution is -2.36. The van der Waals surface area contributed by atoms with Crippen molar-refractivity contribution in [1.82, 2.24) is 4.90 Å². The first-order valence-corrected chi connectivity index (χ1v) is 6.92. The van der Waals surface area contributed by atoms with Crippen LogP contribution in [0.5, 0.6) is 0 Å². The summed E-state index contributed by atoms with van der Waals surface area (Å²) >= 11 is 0. The Morgan fingerprint density at radius 2 is 1.90 bits per heavy atom. The van der Waals surface area contributed by atoms with Crippen molar-refractivity contribution >= 4 is 23.3 Å². The first-order chi connectivity index (χ1) is 9.90. The molecule has 21 heavy (non-hydrogen) atoms. The molecule has 1 rings (SSSR count). The average Bonchev–Trinajstić information content (AvgIpc) is 2.43. The highest BCUT2D eigenvalue weighted by Gasteiger charge is 2.18. The summed E-state index contributed by atoms with van der Waals surface area (Å²) in [4.78, 5) is 27.2. The second-order valence-electron chi connectivity index (χ2n) is 4.79. The van der Waals surface area contributed by atoms with Crippen LogP contribution in [0.25, 0.3) is 0 Å². The van der Waals surface area contributed by atoms with Crippen LogP contribution in [0.4, 0.5) is 11.4 Å². The van der Waals surface area contributed by atoms with Crippen molar-refractivity contribution in [2.45, 2.75) is 13.8 Å². The molecule has 0 aliphatic heterocycles. The fourth-order valence-corrected chi connectivity index (χ4v) is 1.97. The summed E-state index contributed by atoms with van der Waals surface area (Å²) in [5.74, 6) is -0.645. The van der Waals surface area contributed by atoms with Gasteiger partial charge in [0.25, 0.3) is 5.91 Å². The fraction of sp³-hybridized carbons (Fsp3) is 0.467. The molecule has 0 radical (unpaired) electrons. The number of rotatable bonds is 6. The van der Waals surface area contributed by atoms with Crippen LogP contribution < -0.4 is 10.6 Å². The number of likely N-dealkylation sites (N-methyl/N-ethyl adjacent to an activating group) is 1. The summed E-state index contributed by atoms with van der Waals surface area (Å²) in [5.41, 5.74) is 7.78. The molecule has 0 aromatic heterocycles. The zero-order valence-electron chi connectivity index (χ0n) is 13.0. The maximum Gasteiger partial charge on any atom is 0.325 e. The third-order valence-corrected chi connectivity index (χ3v) is 3.05. The van der Waals surface area contributed by atoms with E-state index in [-0.39, 0.29) is 12.5 Å². The van der Waals surface area contributed by atoms with Gasteiger partial charge in [0.1, 0.15) is 6.54 Å². The lowest BCUT2D eigenvalue weighted by molar-refractivity contribution is -0.143. The van der Waals surface area contributed by atoms with Crippen LogP contribution in [0.3, 0.4) is 0 Å². The van der Waals surface area contributed by atoms with Gasteiger partial charge in [-0.25, -0.2) is 0 Å². The quantitative estimate of drug-likeness (QED) is 0.633. The molecule has 0 atom stereocenters. The van der Waals surface area contributed by atoms with Gasteiger partial charge in [0, 0.05) is 26.2 Å². The Hall–Kier alpha value is -2.24. The molecule has 116 valence electrons. The van der Waals surface area contributed by atoms with Crippen molar-refractivity contribution in [3.05, 3.63) is 23.8 Å². The summed E-state index contributed by atoms with van der Waals surface area (Å²) in [7, 11) is 3.76. The van der Waals surface area contributed by atoms with Crippen molar-refractivity contribution < 1.29 is 14.3 Å². The van der Waals surface area contributed by atoms with Crippen molar-refractivity contribution in [2.24, 2.45) is 0 Å². The molecule has 1 aromatic rings. The number of hydrogen-bond acceptors (Lipinski definition) is 5. The molecule has 0 heterocycles. The SMILES string of the molecule is CCOC(=O)CN(CC)C(=O)c1ccc(N(C)C)c(N)c1. The second kappa shape index (κ2) is 7.52. The molecule has 0 fully saturated rings. The van der Waals surface area contributed by atoms with E-state index in [0.29, 0.717) is 24.4 Å². The van der Waals surface area contributed by atoms with E-state index >= 15 is 0 Å². The average molecular weight is 293 g/mol. The smallest absolute Gasteiger partial charge is 0.325 e. The Balaban J connectivity index is 2.90. The predicted molar refractivity (Wildman–Crippen MR) is 83.4 cm³/mol. The second-order valence-corrected chi connectivity index (χ2v) is 4.79. The standard InChI is InChI=1S/C15H23N3O3/c1-5-18(10-14(19)21-6-2)15(20)11-7-8-13(17(3)4)12(16)9-11/h7-9H,5-6,10,16H2,1-4H3. The van der Waals surface area contributed by atoms with E-state index < -0.39 is 5.97 Å². The molecule has 0 bridgehead atoms. The minimum atomic E-state index is -0.411. The van der Waals surface area contributed by atoms with Gasteiger partial charge in [-0.05, 0) is 32.0 Å². The minimum absolute atomic E-state index is 0.0570. The van der Waals surface area contributed by atoms with Crippen LogP contribution >= 0.6 is 0 Å². The molecule has 0 aliphatic rings. The maximum absolute atomic E-state index is 12.4. The Bertz CT molecular complexity index is 515. The van der Waals surface area contributed by atoms with Gasteiger partial charge in [-0.2, -0.15) is 0 Å². The lowest BCUT2D eigenvalue weighted by Gasteiger charge is -2.21. The monoisotopic (exact) mass is 293 g/mol. The highest BCUT2D eigenvalue weighted by Crippen LogP contribution is 2.23. The number of nitrogen functional groups attached to an aromatic ring is 1. The van der Waals surface area contributed by atoms with Crippen molar-refractivity contribution in [2.75, 3.05) is 44.4 Å². The van der Waals surface area contributed by atoms with Crippen LogP contribution in [0.15, 0.2) is 18.2 Å². The molecule has 0 saturated heterocycles. The van der Waals surface area contributed by atoms with Crippen LogP contribution in [-0.4, -0.2) is 50.6 Å². The van der Waals surface area contributed by atoms with E-state index in [1.165, 1.54) is 4.90 Å². The third kappa shape index (κ3) is 4.37. The van der Waals surface area contributed by atoms with Crippen LogP contribution in [0.2, 0.25) is 0 Å². The summed E-state index contributed by atoms with van der Waals surface area (Å²) in [6.45, 7) is 4.21. The number of benzene rings is 1. The molecular formula is C15H23N3O3. The normalized spacial score (nSPS) is 10.1. The summed E-state index contributed by atoms with van der Waals surface area (Å²) < 4.78 is 4.87. The Labute approximate surface area is 125 Å². The lowest BCUT2D eigenvalue weighted by atomic mass is 10.1. The molecule has 1 amide bonds. The Morgan fingerprint density at radius 1 is 1.24 bits per heavy atom. The number of carbonyl (C=O) groups is 2. The van der Waals surface area contributed by atoms with E-state index in [0.717, 1.165) is 5.69 Å². The number of ether oxygens (including phenoxy) is 1. The minimum Gasteiger partial charge on any atom is -0.465 e. The van der Waals surface area contributed by atoms with E-state index in [9.17, 15) is 9.59 Å². The van der Waals surface area contributed by atoms with Crippen LogP contribution in [-0.2, 0) is 9.53 Å². The summed E-state index contributed by atoms with van der Waals surface area (Å²) in [5, 5.41) is 0. The molecule has 6 nitrogen and oxygen atoms in total. The Morgan fingerprint density at radius 3 is 2.38 bits per heavy atom. The molecule has 0 aliphatic carbocycles. The molecular weight excluding hydrogens is 270 g/mol. The van der Waals surface area contributed by atoms with Crippen molar-refractivity contribution in [3.8, 4) is 0 Å². The molecule has 0 unspecified atom stereocenters. The first-order valence-electron chi connectivity index (χ1n) is 6.92. The van der Waals surface area contributed by atoms with Crippen LogP contribution in [0.1, 0.15) is 24.2 Å². The summed E-state index contributed by atoms with van der Waals surface area (Å²) in [6.07, 6.45) is 0. The summed E-state index contributed by atoms with van der Waals surface area (Å²) in [6, 6.07) is 5.13. The molecule has 0 spiro atoms. The number of nitrogens with two attached hydrogens (primary N) is 1. The zero-order valence-corrected chi connectivity index (χ0v) is 13.0. The topological polar surface area (TPSA) is 75.9 Å². The van der Waals surface area contributed by atoms with Gasteiger partial charge in [0.05, 0.1) is 18.0 Å². The highest BCUT2D eigenvalue weighted by molar-refractivity contribution is 5.97. The van der Waals surface area contributed by atoms with E-state index in [1.54, 1.807) is 25.1 Å². The van der Waals surface area contributed by atoms with Gasteiger partial charge in [-0.1, -0.05) is 0 Å². The van der Waals surface area contributed by atoms with Gasteiger partial charge < -0.3 is 20.3 Å². The third-order valence-electron chi connectivity index (χ3n) is 3.05. The number of nitrogens with zero attached hydrogens (tertiary/aromatic N) is 2. The molecule has 1 aromatic carbocycles. The van der Waals surface area contributed by atoms with Crippen molar-refractivity contribution in [1.29, 1.82) is 0 Å². The highest BCUT2D eigenvalue weighted by atomic mass is 16.5. The van der Waals surface area contributed by atoms with Crippen LogP contribution in [0, 0.1) is 0 Å². The molecule has 0 saturated carbocycles. The number of hydrogen-bond donors (Lipinski definition) is 1. The molecule has 2 N–H and O–H groups in total. The number of amides is 1. The number of esters is 1. The predicted octanol–water partition coefficient (Wildman–Crippen LogP) is 1.36. The van der Waals surface area contributed by atoms with Crippen molar-refractivity contribution in [3.63, 3.8) is 0 Å². The van der Waals surface area contributed by atoms with E-state index in [2.05, 4.69) is 0 Å². The van der Waals surface area contributed by atoms with Gasteiger partial charge in [-0.15, -0.1) is 0 Å². The first kappa shape index (κ1) is 16.8. The fourth-order valence-electron chi connectivity index (χ4n) is 1.97. The van der Waals surface area contributed by atoms with E-state index in [4.69, 9.17) is 10.5 Å². The zero-order chi connectivity index (χ0) is 16.0. The van der Waals surface area contributed by atoms with Gasteiger partial charge in [0.15, 0.2) is 0 Å². The van der Waals surface area contributed by atoms with Gasteiger partial charge in [0.2, 0.25) is 0 Å². The largest absolute Gasteiger partial charge is 0.465 e. The maximum atomic E-state index is 12.4. The Kier molecular flexibility index (Phi) is 6.02. The number of anilines is 2. The molecule has 6 heteroatoms. The van der Waals surface area contributed by atoms with Gasteiger partial charge in [-0.3, -0.25) is 9.59 Å². The van der Waals surface area contributed by atoms with Gasteiger partial charge >= 0.3 is 5.97 Å². The van der Waals surface area contributed by atoms with E-state index in [1.807, 2.05) is 25.9 Å².